The molecule has 1 aliphatic heterocycles. The highest BCUT2D eigenvalue weighted by molar-refractivity contribution is 6.37. The summed E-state index contributed by atoms with van der Waals surface area (Å²) in [6, 6.07) is 14.1. The predicted molar refractivity (Wildman–Crippen MR) is 105 cm³/mol. The Morgan fingerprint density at radius 2 is 1.50 bits per heavy atom. The Labute approximate surface area is 161 Å². The second-order valence-corrected chi connectivity index (χ2v) is 6.98. The van der Waals surface area contributed by atoms with Crippen LogP contribution in [0.15, 0.2) is 48.5 Å². The molecule has 2 aliphatic rings. The molecule has 2 amide bonds. The first-order valence-electron chi connectivity index (χ1n) is 9.34. The van der Waals surface area contributed by atoms with Crippen molar-refractivity contribution in [1.82, 2.24) is 0 Å². The van der Waals surface area contributed by atoms with Gasteiger partial charge in [0, 0.05) is 16.5 Å². The smallest absolute Gasteiger partial charge is 0.340 e. The van der Waals surface area contributed by atoms with Crippen molar-refractivity contribution in [2.24, 2.45) is 0 Å². The van der Waals surface area contributed by atoms with Crippen LogP contribution < -0.4 is 4.90 Å². The van der Waals surface area contributed by atoms with Gasteiger partial charge in [0.2, 0.25) is 0 Å². The number of para-hydroxylation sites is 1. The fraction of sp³-hybridized carbons (Fsp3) is 0.174. The monoisotopic (exact) mass is 371 g/mol. The van der Waals surface area contributed by atoms with Gasteiger partial charge in [-0.15, -0.1) is 0 Å². The average molecular weight is 371 g/mol. The van der Waals surface area contributed by atoms with E-state index >= 15 is 0 Å². The van der Waals surface area contributed by atoms with E-state index in [-0.39, 0.29) is 17.9 Å². The van der Waals surface area contributed by atoms with Crippen LogP contribution >= 0.6 is 0 Å². The summed E-state index contributed by atoms with van der Waals surface area (Å²) < 4.78 is 5.11. The highest BCUT2D eigenvalue weighted by Crippen LogP contribution is 2.40. The molecule has 0 saturated carbocycles. The van der Waals surface area contributed by atoms with E-state index in [1.807, 2.05) is 12.1 Å². The minimum atomic E-state index is -0.557. The summed E-state index contributed by atoms with van der Waals surface area (Å²) in [6.07, 6.45) is 1.85. The summed E-state index contributed by atoms with van der Waals surface area (Å²) in [6.45, 7) is 1.92. The third-order valence-electron chi connectivity index (χ3n) is 5.50. The number of carbonyl (C=O) groups excluding carboxylic acids is 3. The van der Waals surface area contributed by atoms with Crippen molar-refractivity contribution in [3.8, 4) is 0 Å². The lowest BCUT2D eigenvalue weighted by Crippen LogP contribution is -2.41. The van der Waals surface area contributed by atoms with E-state index in [4.69, 9.17) is 4.74 Å². The Hall–Kier alpha value is -3.47. The molecule has 0 aromatic heterocycles. The topological polar surface area (TPSA) is 63.7 Å². The number of carbonyl (C=O) groups is 3. The number of amides is 2. The van der Waals surface area contributed by atoms with Crippen LogP contribution in [0.1, 0.15) is 49.1 Å². The molecule has 0 unspecified atom stereocenters. The molecule has 1 aliphatic carbocycles. The minimum absolute atomic E-state index is 0.198. The highest BCUT2D eigenvalue weighted by atomic mass is 16.5. The normalized spacial score (nSPS) is 14.7. The van der Waals surface area contributed by atoms with Crippen molar-refractivity contribution in [2.45, 2.75) is 19.8 Å². The summed E-state index contributed by atoms with van der Waals surface area (Å²) in [4.78, 5) is 40.2. The van der Waals surface area contributed by atoms with E-state index in [9.17, 15) is 14.4 Å². The molecule has 0 fully saturated rings. The molecule has 0 radical (unpaired) electrons. The first-order valence-corrected chi connectivity index (χ1v) is 9.34. The van der Waals surface area contributed by atoms with Gasteiger partial charge < -0.3 is 4.74 Å². The predicted octanol–water partition coefficient (Wildman–Crippen LogP) is 3.92. The summed E-state index contributed by atoms with van der Waals surface area (Å²) in [5, 5.41) is 1.78. The van der Waals surface area contributed by atoms with Crippen molar-refractivity contribution < 1.29 is 19.1 Å². The van der Waals surface area contributed by atoms with Gasteiger partial charge in [0.05, 0.1) is 17.9 Å². The van der Waals surface area contributed by atoms with Crippen LogP contribution in [0.25, 0.3) is 10.8 Å². The largest absolute Gasteiger partial charge is 0.462 e. The van der Waals surface area contributed by atoms with Crippen LogP contribution in [0.2, 0.25) is 0 Å². The first kappa shape index (κ1) is 16.7. The standard InChI is InChI=1S/C23H17NO4/c1-2-28-23(27)15-5-3-4-6-18(15)24-21(25)16-11-9-13-7-8-14-10-12-17(22(24)26)20(16)19(13)14/h3-6,9-12H,2,7-8H2,1H3. The van der Waals surface area contributed by atoms with Gasteiger partial charge in [-0.3, -0.25) is 9.59 Å². The molecule has 28 heavy (non-hydrogen) atoms. The third-order valence-corrected chi connectivity index (χ3v) is 5.50. The number of hydrogen-bond acceptors (Lipinski definition) is 4. The Bertz CT molecular complexity index is 1140. The number of rotatable bonds is 3. The van der Waals surface area contributed by atoms with E-state index in [0.717, 1.165) is 28.5 Å². The van der Waals surface area contributed by atoms with Crippen molar-refractivity contribution in [2.75, 3.05) is 11.5 Å². The lowest BCUT2D eigenvalue weighted by Gasteiger charge is -2.28. The van der Waals surface area contributed by atoms with Gasteiger partial charge in [-0.25, -0.2) is 9.69 Å². The van der Waals surface area contributed by atoms with E-state index in [2.05, 4.69) is 0 Å². The van der Waals surface area contributed by atoms with E-state index in [1.54, 1.807) is 43.3 Å². The molecule has 0 atom stereocenters. The molecule has 0 N–H and O–H groups in total. The van der Waals surface area contributed by atoms with Gasteiger partial charge in [0.25, 0.3) is 11.8 Å². The second kappa shape index (κ2) is 6.02. The number of imide groups is 1. The Morgan fingerprint density at radius 1 is 0.893 bits per heavy atom. The molecule has 3 aromatic carbocycles. The molecule has 5 nitrogen and oxygen atoms in total. The quantitative estimate of drug-likeness (QED) is 0.517. The summed E-state index contributed by atoms with van der Waals surface area (Å²) in [5.41, 5.74) is 3.79. The van der Waals surface area contributed by atoms with E-state index in [0.29, 0.717) is 11.1 Å². The molecule has 1 heterocycles. The number of anilines is 1. The molecule has 138 valence electrons. The van der Waals surface area contributed by atoms with Gasteiger partial charge in [-0.05, 0) is 60.5 Å². The minimum Gasteiger partial charge on any atom is -0.462 e. The Kier molecular flexibility index (Phi) is 3.59. The van der Waals surface area contributed by atoms with Crippen molar-refractivity contribution in [3.63, 3.8) is 0 Å². The number of benzene rings is 3. The van der Waals surface area contributed by atoms with Crippen LogP contribution in [0.3, 0.4) is 0 Å². The summed E-state index contributed by atoms with van der Waals surface area (Å²) in [5.74, 6) is -1.38. The molecule has 0 bridgehead atoms. The SMILES string of the molecule is CCOC(=O)c1ccccc1N1C(=O)c2ccc3c4c(ccc(c24)C1=O)CC3. The first-order chi connectivity index (χ1) is 13.6. The van der Waals surface area contributed by atoms with Crippen LogP contribution in [-0.4, -0.2) is 24.4 Å². The van der Waals surface area contributed by atoms with E-state index in [1.165, 1.54) is 11.1 Å². The maximum atomic E-state index is 13.3. The van der Waals surface area contributed by atoms with Gasteiger partial charge in [-0.1, -0.05) is 24.3 Å². The lowest BCUT2D eigenvalue weighted by molar-refractivity contribution is 0.0527. The molecule has 5 heteroatoms. The van der Waals surface area contributed by atoms with Crippen LogP contribution in [-0.2, 0) is 17.6 Å². The molecule has 0 saturated heterocycles. The van der Waals surface area contributed by atoms with Gasteiger partial charge >= 0.3 is 5.97 Å². The zero-order chi connectivity index (χ0) is 19.4. The number of ether oxygens (including phenoxy) is 1. The van der Waals surface area contributed by atoms with Gasteiger partial charge in [-0.2, -0.15) is 0 Å². The molecule has 3 aromatic rings. The molecular formula is C23H17NO4. The Morgan fingerprint density at radius 3 is 2.11 bits per heavy atom. The van der Waals surface area contributed by atoms with Crippen molar-refractivity contribution in [3.05, 3.63) is 76.3 Å². The summed E-state index contributed by atoms with van der Waals surface area (Å²) >= 11 is 0. The van der Waals surface area contributed by atoms with Gasteiger partial charge in [0.1, 0.15) is 0 Å². The number of aryl methyl sites for hydroxylation is 2. The maximum Gasteiger partial charge on any atom is 0.340 e. The van der Waals surface area contributed by atoms with Gasteiger partial charge in [0.15, 0.2) is 0 Å². The molecular weight excluding hydrogens is 354 g/mol. The van der Waals surface area contributed by atoms with Crippen LogP contribution in [0.4, 0.5) is 5.69 Å². The average Bonchev–Trinajstić information content (AvgIpc) is 3.13. The third kappa shape index (κ3) is 2.16. The molecule has 0 spiro atoms. The fourth-order valence-corrected chi connectivity index (χ4v) is 4.29. The number of esters is 1. The van der Waals surface area contributed by atoms with Crippen LogP contribution in [0.5, 0.6) is 0 Å². The zero-order valence-electron chi connectivity index (χ0n) is 15.3. The lowest BCUT2D eigenvalue weighted by atomic mass is 9.90. The molecule has 5 rings (SSSR count). The fourth-order valence-electron chi connectivity index (χ4n) is 4.29. The highest BCUT2D eigenvalue weighted by Gasteiger charge is 2.37. The summed E-state index contributed by atoms with van der Waals surface area (Å²) in [7, 11) is 0. The van der Waals surface area contributed by atoms with E-state index < -0.39 is 17.8 Å². The van der Waals surface area contributed by atoms with Crippen LogP contribution in [0, 0.1) is 0 Å². The second-order valence-electron chi connectivity index (χ2n) is 6.98. The zero-order valence-corrected chi connectivity index (χ0v) is 15.3. The maximum absolute atomic E-state index is 13.3. The van der Waals surface area contributed by atoms with Crippen molar-refractivity contribution in [1.29, 1.82) is 0 Å². The number of hydrogen-bond donors (Lipinski definition) is 0. The Balaban J connectivity index is 1.73. The number of nitrogens with zero attached hydrogens (tertiary/aromatic N) is 1. The van der Waals surface area contributed by atoms with Crippen molar-refractivity contribution >= 4 is 34.2 Å².